The molecule has 0 radical (unpaired) electrons. The highest BCUT2D eigenvalue weighted by Gasteiger charge is 2.24. The lowest BCUT2D eigenvalue weighted by atomic mass is 10.1. The summed E-state index contributed by atoms with van der Waals surface area (Å²) in [7, 11) is 0. The van der Waals surface area contributed by atoms with Gasteiger partial charge in [0.25, 0.3) is 0 Å². The molecule has 174 valence electrons. The maximum atomic E-state index is 9.61. The predicted molar refractivity (Wildman–Crippen MR) is 133 cm³/mol. The highest BCUT2D eigenvalue weighted by atomic mass is 16.5. The van der Waals surface area contributed by atoms with E-state index < -0.39 is 0 Å². The smallest absolute Gasteiger partial charge is 0.229 e. The van der Waals surface area contributed by atoms with Crippen molar-refractivity contribution < 1.29 is 4.74 Å². The first kappa shape index (κ1) is 22.1. The van der Waals surface area contributed by atoms with E-state index in [1.54, 1.807) is 0 Å². The molecule has 1 unspecified atom stereocenters. The van der Waals surface area contributed by atoms with Crippen LogP contribution in [0.1, 0.15) is 29.5 Å². The second-order valence-corrected chi connectivity index (χ2v) is 8.84. The minimum atomic E-state index is 0.386. The molecule has 3 heterocycles. The SMILES string of the molecule is Cc1ccc2c(c1)Nc1ncc(C#N)c(n1)Nc1cccc(c1)CN1CCCC1CNCCO2. The number of nitriles is 1. The summed E-state index contributed by atoms with van der Waals surface area (Å²) < 4.78 is 6.09. The Hall–Kier alpha value is -3.67. The number of hydrogen-bond acceptors (Lipinski definition) is 8. The summed E-state index contributed by atoms with van der Waals surface area (Å²) >= 11 is 0. The predicted octanol–water partition coefficient (Wildman–Crippen LogP) is 4.09. The van der Waals surface area contributed by atoms with E-state index in [1.807, 2.05) is 37.3 Å². The molecule has 1 fully saturated rings. The maximum Gasteiger partial charge on any atom is 0.229 e. The Balaban J connectivity index is 1.50. The first-order valence-electron chi connectivity index (χ1n) is 11.8. The molecule has 0 amide bonds. The summed E-state index contributed by atoms with van der Waals surface area (Å²) in [6.45, 7) is 6.31. The molecule has 8 heteroatoms. The van der Waals surface area contributed by atoms with Crippen LogP contribution in [0, 0.1) is 18.3 Å². The van der Waals surface area contributed by atoms with Crippen molar-refractivity contribution in [2.75, 3.05) is 36.9 Å². The molecular formula is C26H29N7O. The minimum Gasteiger partial charge on any atom is -0.490 e. The van der Waals surface area contributed by atoms with Gasteiger partial charge in [0, 0.05) is 31.4 Å². The van der Waals surface area contributed by atoms with Gasteiger partial charge in [0.05, 0.1) is 11.9 Å². The van der Waals surface area contributed by atoms with Crippen molar-refractivity contribution in [2.45, 2.75) is 32.4 Å². The fraction of sp³-hybridized carbons (Fsp3) is 0.346. The second kappa shape index (κ2) is 10.1. The van der Waals surface area contributed by atoms with Gasteiger partial charge in [-0.25, -0.2) is 4.98 Å². The molecular weight excluding hydrogens is 426 g/mol. The number of nitrogens with zero attached hydrogens (tertiary/aromatic N) is 4. The number of aromatic nitrogens is 2. The molecule has 8 nitrogen and oxygen atoms in total. The van der Waals surface area contributed by atoms with Gasteiger partial charge in [-0.2, -0.15) is 10.2 Å². The quantitative estimate of drug-likeness (QED) is 0.466. The highest BCUT2D eigenvalue weighted by Crippen LogP contribution is 2.29. The van der Waals surface area contributed by atoms with Crippen LogP contribution in [-0.4, -0.2) is 47.2 Å². The Bertz CT molecular complexity index is 1210. The summed E-state index contributed by atoms with van der Waals surface area (Å²) in [6.07, 6.45) is 3.95. The van der Waals surface area contributed by atoms with Crippen molar-refractivity contribution in [1.82, 2.24) is 20.2 Å². The largest absolute Gasteiger partial charge is 0.490 e. The van der Waals surface area contributed by atoms with Crippen molar-refractivity contribution in [3.8, 4) is 11.8 Å². The Labute approximate surface area is 200 Å². The van der Waals surface area contributed by atoms with E-state index in [4.69, 9.17) is 4.74 Å². The summed E-state index contributed by atoms with van der Waals surface area (Å²) in [5.74, 6) is 1.61. The van der Waals surface area contributed by atoms with E-state index in [2.05, 4.69) is 49.0 Å². The van der Waals surface area contributed by atoms with Crippen LogP contribution in [0.25, 0.3) is 0 Å². The average molecular weight is 456 g/mol. The number of nitrogens with one attached hydrogen (secondary N) is 3. The zero-order valence-electron chi connectivity index (χ0n) is 19.3. The molecule has 2 aromatic carbocycles. The molecule has 1 aromatic heterocycles. The number of benzene rings is 2. The van der Waals surface area contributed by atoms with Crippen LogP contribution < -0.4 is 20.7 Å². The van der Waals surface area contributed by atoms with Gasteiger partial charge in [0.2, 0.25) is 5.95 Å². The average Bonchev–Trinajstić information content (AvgIpc) is 3.27. The van der Waals surface area contributed by atoms with Gasteiger partial charge < -0.3 is 20.7 Å². The van der Waals surface area contributed by atoms with Crippen molar-refractivity contribution in [3.63, 3.8) is 0 Å². The number of rotatable bonds is 0. The summed E-state index contributed by atoms with van der Waals surface area (Å²) in [5.41, 5.74) is 4.41. The summed E-state index contributed by atoms with van der Waals surface area (Å²) in [6, 6.07) is 17.0. The molecule has 0 saturated carbocycles. The first-order chi connectivity index (χ1) is 16.7. The van der Waals surface area contributed by atoms with Crippen LogP contribution >= 0.6 is 0 Å². The van der Waals surface area contributed by atoms with Gasteiger partial charge in [-0.05, 0) is 61.7 Å². The number of hydrogen-bond donors (Lipinski definition) is 3. The van der Waals surface area contributed by atoms with Crippen molar-refractivity contribution in [2.24, 2.45) is 0 Å². The van der Waals surface area contributed by atoms with Crippen LogP contribution in [0.2, 0.25) is 0 Å². The second-order valence-electron chi connectivity index (χ2n) is 8.84. The lowest BCUT2D eigenvalue weighted by Gasteiger charge is -2.25. The standard InChI is InChI=1S/C26H29N7O/c1-18-7-8-24-23(12-18)31-26-29-15-20(14-27)25(32-26)30-21-5-2-4-19(13-21)17-33-10-3-6-22(33)16-28-9-11-34-24/h2,4-5,7-8,12-13,15,22,28H,3,6,9-11,16-17H2,1H3,(H2,29,30,31,32). The molecule has 2 aliphatic heterocycles. The lowest BCUT2D eigenvalue weighted by molar-refractivity contribution is 0.233. The van der Waals surface area contributed by atoms with Crippen LogP contribution in [0.4, 0.5) is 23.1 Å². The monoisotopic (exact) mass is 455 g/mol. The fourth-order valence-electron chi connectivity index (χ4n) is 4.56. The zero-order chi connectivity index (χ0) is 23.3. The third kappa shape index (κ3) is 5.11. The van der Waals surface area contributed by atoms with Crippen LogP contribution in [0.3, 0.4) is 0 Å². The van der Waals surface area contributed by atoms with Crippen LogP contribution in [0.5, 0.6) is 5.75 Å². The highest BCUT2D eigenvalue weighted by molar-refractivity contribution is 5.67. The Morgan fingerprint density at radius 1 is 1.18 bits per heavy atom. The van der Waals surface area contributed by atoms with Crippen LogP contribution in [-0.2, 0) is 6.54 Å². The molecule has 4 bridgehead atoms. The Morgan fingerprint density at radius 3 is 3.03 bits per heavy atom. The van der Waals surface area contributed by atoms with Crippen molar-refractivity contribution in [3.05, 3.63) is 65.4 Å². The maximum absolute atomic E-state index is 9.61. The Morgan fingerprint density at radius 2 is 2.12 bits per heavy atom. The first-order valence-corrected chi connectivity index (χ1v) is 11.8. The minimum absolute atomic E-state index is 0.386. The lowest BCUT2D eigenvalue weighted by Crippen LogP contribution is -2.38. The molecule has 1 saturated heterocycles. The molecule has 34 heavy (non-hydrogen) atoms. The number of fused-ring (bicyclic) bond motifs is 6. The van der Waals surface area contributed by atoms with E-state index in [1.165, 1.54) is 24.6 Å². The molecule has 3 N–H and O–H groups in total. The number of aryl methyl sites for hydroxylation is 1. The molecule has 0 aliphatic carbocycles. The number of ether oxygens (including phenoxy) is 1. The van der Waals surface area contributed by atoms with Gasteiger partial charge in [-0.1, -0.05) is 18.2 Å². The van der Waals surface area contributed by atoms with E-state index in [-0.39, 0.29) is 0 Å². The van der Waals surface area contributed by atoms with Gasteiger partial charge in [-0.3, -0.25) is 4.90 Å². The summed E-state index contributed by atoms with van der Waals surface area (Å²) in [5, 5.41) is 19.8. The zero-order valence-corrected chi connectivity index (χ0v) is 19.3. The molecule has 0 spiro atoms. The molecule has 3 aromatic rings. The summed E-state index contributed by atoms with van der Waals surface area (Å²) in [4.78, 5) is 11.5. The van der Waals surface area contributed by atoms with E-state index in [0.717, 1.165) is 48.9 Å². The van der Waals surface area contributed by atoms with E-state index in [0.29, 0.717) is 30.0 Å². The molecule has 5 rings (SSSR count). The molecule has 1 atom stereocenters. The van der Waals surface area contributed by atoms with Gasteiger partial charge in [-0.15, -0.1) is 0 Å². The number of anilines is 4. The third-order valence-electron chi connectivity index (χ3n) is 6.28. The van der Waals surface area contributed by atoms with E-state index in [9.17, 15) is 5.26 Å². The van der Waals surface area contributed by atoms with Gasteiger partial charge >= 0.3 is 0 Å². The van der Waals surface area contributed by atoms with Gasteiger partial charge in [0.1, 0.15) is 24.0 Å². The Kier molecular flexibility index (Phi) is 6.56. The topological polar surface area (TPSA) is 98.1 Å². The fourth-order valence-corrected chi connectivity index (χ4v) is 4.56. The third-order valence-corrected chi connectivity index (χ3v) is 6.28. The van der Waals surface area contributed by atoms with E-state index >= 15 is 0 Å². The van der Waals surface area contributed by atoms with Crippen LogP contribution in [0.15, 0.2) is 48.7 Å². The normalized spacial score (nSPS) is 18.6. The van der Waals surface area contributed by atoms with Crippen molar-refractivity contribution in [1.29, 1.82) is 5.26 Å². The van der Waals surface area contributed by atoms with Crippen molar-refractivity contribution >= 4 is 23.1 Å². The molecule has 2 aliphatic rings. The van der Waals surface area contributed by atoms with Gasteiger partial charge in [0.15, 0.2) is 5.82 Å².